The van der Waals surface area contributed by atoms with Gasteiger partial charge in [0.25, 0.3) is 5.91 Å². The largest absolute Gasteiger partial charge is 0.454 e. The van der Waals surface area contributed by atoms with Crippen molar-refractivity contribution in [1.29, 1.82) is 0 Å². The van der Waals surface area contributed by atoms with Gasteiger partial charge in [0.1, 0.15) is 11.6 Å². The molecule has 9 heteroatoms. The second-order valence-corrected chi connectivity index (χ2v) is 8.35. The summed E-state index contributed by atoms with van der Waals surface area (Å²) in [6.45, 7) is 0.635. The average Bonchev–Trinajstić information content (AvgIpc) is 3.52. The predicted octanol–water partition coefficient (Wildman–Crippen LogP) is 4.86. The molecule has 3 aromatic carbocycles. The van der Waals surface area contributed by atoms with Gasteiger partial charge in [0.05, 0.1) is 5.51 Å². The standard InChI is InChI=1S/C25H20FN3O4S/c26-20-9-17(16-3-1-15(11-27)2-4-16)5-6-18(20)12-28-24(30)23-25(29-13-34-23)33-19-7-8-21-22(10-19)32-14-31-21/h1-10,13H,11-12,14,27H2,(H,28,30). The lowest BCUT2D eigenvalue weighted by Crippen LogP contribution is -2.22. The number of nitrogens with zero attached hydrogens (tertiary/aromatic N) is 1. The van der Waals surface area contributed by atoms with Gasteiger partial charge in [0.2, 0.25) is 12.7 Å². The summed E-state index contributed by atoms with van der Waals surface area (Å²) in [6, 6.07) is 17.7. The van der Waals surface area contributed by atoms with E-state index in [0.717, 1.165) is 28.0 Å². The number of amides is 1. The van der Waals surface area contributed by atoms with Crippen LogP contribution in [0.4, 0.5) is 4.39 Å². The molecule has 7 nitrogen and oxygen atoms in total. The molecular weight excluding hydrogens is 457 g/mol. The number of carbonyl (C=O) groups is 1. The molecule has 4 aromatic rings. The van der Waals surface area contributed by atoms with Gasteiger partial charge in [-0.2, -0.15) is 0 Å². The fourth-order valence-corrected chi connectivity index (χ4v) is 4.10. The Morgan fingerprint density at radius 3 is 2.65 bits per heavy atom. The van der Waals surface area contributed by atoms with E-state index in [1.165, 1.54) is 11.6 Å². The third kappa shape index (κ3) is 4.57. The molecule has 0 radical (unpaired) electrons. The number of rotatable bonds is 7. The minimum Gasteiger partial charge on any atom is -0.454 e. The van der Waals surface area contributed by atoms with E-state index in [4.69, 9.17) is 19.9 Å². The Morgan fingerprint density at radius 2 is 1.85 bits per heavy atom. The highest BCUT2D eigenvalue weighted by Crippen LogP contribution is 2.37. The summed E-state index contributed by atoms with van der Waals surface area (Å²) in [4.78, 5) is 17.2. The fraction of sp³-hybridized carbons (Fsp3) is 0.120. The topological polar surface area (TPSA) is 95.7 Å². The molecular formula is C25H20FN3O4S. The first-order chi connectivity index (χ1) is 16.6. The number of fused-ring (bicyclic) bond motifs is 1. The van der Waals surface area contributed by atoms with Crippen LogP contribution in [0.2, 0.25) is 0 Å². The Hall–Kier alpha value is -3.95. The summed E-state index contributed by atoms with van der Waals surface area (Å²) < 4.78 is 31.1. The summed E-state index contributed by atoms with van der Waals surface area (Å²) >= 11 is 1.14. The number of hydrogen-bond donors (Lipinski definition) is 2. The van der Waals surface area contributed by atoms with Crippen LogP contribution in [0.1, 0.15) is 20.8 Å². The zero-order valence-electron chi connectivity index (χ0n) is 17.9. The normalized spacial score (nSPS) is 11.9. The Morgan fingerprint density at radius 1 is 1.06 bits per heavy atom. The van der Waals surface area contributed by atoms with Gasteiger partial charge >= 0.3 is 0 Å². The van der Waals surface area contributed by atoms with Crippen molar-refractivity contribution in [2.24, 2.45) is 5.73 Å². The maximum absolute atomic E-state index is 14.7. The first-order valence-corrected chi connectivity index (χ1v) is 11.4. The maximum atomic E-state index is 14.7. The summed E-state index contributed by atoms with van der Waals surface area (Å²) in [6.07, 6.45) is 0. The third-order valence-electron chi connectivity index (χ3n) is 5.31. The highest BCUT2D eigenvalue weighted by atomic mass is 32.1. The zero-order valence-corrected chi connectivity index (χ0v) is 18.7. The van der Waals surface area contributed by atoms with Crippen LogP contribution < -0.4 is 25.3 Å². The number of carbonyl (C=O) groups excluding carboxylic acids is 1. The van der Waals surface area contributed by atoms with Crippen molar-refractivity contribution in [3.63, 3.8) is 0 Å². The number of thiazole rings is 1. The first-order valence-electron chi connectivity index (χ1n) is 10.5. The summed E-state index contributed by atoms with van der Waals surface area (Å²) in [5.41, 5.74) is 10.2. The lowest BCUT2D eigenvalue weighted by molar-refractivity contribution is 0.0952. The molecule has 1 amide bonds. The highest BCUT2D eigenvalue weighted by Gasteiger charge is 2.19. The highest BCUT2D eigenvalue weighted by molar-refractivity contribution is 7.12. The zero-order chi connectivity index (χ0) is 23.5. The van der Waals surface area contributed by atoms with Crippen LogP contribution in [0.3, 0.4) is 0 Å². The number of ether oxygens (including phenoxy) is 3. The van der Waals surface area contributed by atoms with Gasteiger partial charge in [0.15, 0.2) is 16.4 Å². The predicted molar refractivity (Wildman–Crippen MR) is 126 cm³/mol. The summed E-state index contributed by atoms with van der Waals surface area (Å²) in [5.74, 6) is 1.02. The number of benzene rings is 3. The van der Waals surface area contributed by atoms with Crippen LogP contribution in [0, 0.1) is 5.82 Å². The average molecular weight is 478 g/mol. The van der Waals surface area contributed by atoms with E-state index in [2.05, 4.69) is 10.3 Å². The monoisotopic (exact) mass is 477 g/mol. The Bertz CT molecular complexity index is 1340. The second-order valence-electron chi connectivity index (χ2n) is 7.49. The molecule has 1 aliphatic rings. The van der Waals surface area contributed by atoms with E-state index in [1.54, 1.807) is 24.3 Å². The quantitative estimate of drug-likeness (QED) is 0.395. The van der Waals surface area contributed by atoms with Crippen molar-refractivity contribution in [2.75, 3.05) is 6.79 Å². The number of nitrogens with one attached hydrogen (secondary N) is 1. The Labute approximate surface area is 198 Å². The van der Waals surface area contributed by atoms with Crippen molar-refractivity contribution < 1.29 is 23.4 Å². The van der Waals surface area contributed by atoms with Gasteiger partial charge in [-0.1, -0.05) is 36.4 Å². The van der Waals surface area contributed by atoms with E-state index in [9.17, 15) is 9.18 Å². The van der Waals surface area contributed by atoms with Crippen LogP contribution in [-0.4, -0.2) is 17.7 Å². The fourth-order valence-electron chi connectivity index (χ4n) is 3.47. The van der Waals surface area contributed by atoms with E-state index >= 15 is 0 Å². The molecule has 3 N–H and O–H groups in total. The first kappa shape index (κ1) is 21.9. The van der Waals surface area contributed by atoms with Crippen LogP contribution in [-0.2, 0) is 13.1 Å². The molecule has 5 rings (SSSR count). The van der Waals surface area contributed by atoms with E-state index in [0.29, 0.717) is 29.4 Å². The Balaban J connectivity index is 1.24. The molecule has 0 saturated carbocycles. The minimum absolute atomic E-state index is 0.0262. The summed E-state index contributed by atoms with van der Waals surface area (Å²) in [7, 11) is 0. The van der Waals surface area contributed by atoms with Gasteiger partial charge < -0.3 is 25.3 Å². The molecule has 0 saturated heterocycles. The van der Waals surface area contributed by atoms with Crippen molar-refractivity contribution in [2.45, 2.75) is 13.1 Å². The smallest absolute Gasteiger partial charge is 0.267 e. The van der Waals surface area contributed by atoms with E-state index < -0.39 is 11.7 Å². The number of hydrogen-bond acceptors (Lipinski definition) is 7. The van der Waals surface area contributed by atoms with Crippen LogP contribution in [0.25, 0.3) is 11.1 Å². The van der Waals surface area contributed by atoms with Gasteiger partial charge in [-0.25, -0.2) is 9.37 Å². The molecule has 1 aliphatic heterocycles. The van der Waals surface area contributed by atoms with Crippen LogP contribution in [0.5, 0.6) is 23.1 Å². The van der Waals surface area contributed by atoms with Crippen molar-refractivity contribution in [3.05, 3.63) is 88.0 Å². The van der Waals surface area contributed by atoms with Gasteiger partial charge in [0, 0.05) is 24.7 Å². The van der Waals surface area contributed by atoms with Crippen molar-refractivity contribution >= 4 is 17.2 Å². The molecule has 1 aromatic heterocycles. The maximum Gasteiger partial charge on any atom is 0.267 e. The number of halogens is 1. The van der Waals surface area contributed by atoms with Crippen LogP contribution in [0.15, 0.2) is 66.2 Å². The summed E-state index contributed by atoms with van der Waals surface area (Å²) in [5, 5.41) is 2.74. The number of nitrogens with two attached hydrogens (primary N) is 1. The van der Waals surface area contributed by atoms with Gasteiger partial charge in [-0.05, 0) is 34.9 Å². The minimum atomic E-state index is -0.404. The molecule has 0 spiro atoms. The lowest BCUT2D eigenvalue weighted by Gasteiger charge is -2.09. The molecule has 172 valence electrons. The lowest BCUT2D eigenvalue weighted by atomic mass is 10.0. The van der Waals surface area contributed by atoms with Gasteiger partial charge in [-0.15, -0.1) is 11.3 Å². The third-order valence-corrected chi connectivity index (χ3v) is 6.12. The molecule has 0 unspecified atom stereocenters. The second kappa shape index (κ2) is 9.50. The van der Waals surface area contributed by atoms with Crippen molar-refractivity contribution in [1.82, 2.24) is 10.3 Å². The Kier molecular flexibility index (Phi) is 6.11. The van der Waals surface area contributed by atoms with E-state index in [1.807, 2.05) is 30.3 Å². The molecule has 0 bridgehead atoms. The van der Waals surface area contributed by atoms with E-state index in [-0.39, 0.29) is 24.1 Å². The van der Waals surface area contributed by atoms with Gasteiger partial charge in [-0.3, -0.25) is 4.79 Å². The molecule has 0 fully saturated rings. The molecule has 0 atom stereocenters. The number of aromatic nitrogens is 1. The molecule has 2 heterocycles. The SMILES string of the molecule is NCc1ccc(-c2ccc(CNC(=O)c3scnc3Oc3ccc4c(c3)OCO4)c(F)c2)cc1. The molecule has 34 heavy (non-hydrogen) atoms. The molecule has 0 aliphatic carbocycles. The van der Waals surface area contributed by atoms with Crippen LogP contribution >= 0.6 is 11.3 Å². The van der Waals surface area contributed by atoms with Crippen molar-refractivity contribution in [3.8, 4) is 34.3 Å².